The van der Waals surface area contributed by atoms with Crippen molar-refractivity contribution in [3.05, 3.63) is 23.8 Å². The van der Waals surface area contributed by atoms with E-state index in [0.29, 0.717) is 17.1 Å². The third kappa shape index (κ3) is 2.15. The van der Waals surface area contributed by atoms with Gasteiger partial charge in [0.1, 0.15) is 0 Å². The van der Waals surface area contributed by atoms with E-state index >= 15 is 0 Å². The number of nitriles is 1. The van der Waals surface area contributed by atoms with Crippen LogP contribution in [-0.4, -0.2) is 33.2 Å². The SMILES string of the molecule is C[C@]1(C#N)C[C@]2(S)C(=O)N[C@@](C)(S)C(=O)N2[C@H]1c1ccc2c(c1)OCO2. The second kappa shape index (κ2) is 5.24. The van der Waals surface area contributed by atoms with Crippen molar-refractivity contribution in [3.8, 4) is 17.6 Å². The van der Waals surface area contributed by atoms with E-state index in [2.05, 4.69) is 36.6 Å². The van der Waals surface area contributed by atoms with E-state index in [1.807, 2.05) is 0 Å². The molecule has 0 saturated carbocycles. The molecule has 0 radical (unpaired) electrons. The Morgan fingerprint density at radius 1 is 1.27 bits per heavy atom. The molecule has 26 heavy (non-hydrogen) atoms. The standard InChI is InChI=1S/C17H17N3O4S2/c1-15(7-18)6-17(26)13(21)19-16(2,25)14(22)20(17)12(15)9-3-4-10-11(5-9)24-8-23-10/h3-5,12,25-26H,6,8H2,1-2H3,(H,19,21)/t12-,15+,16-,17-/m0/s1. The van der Waals surface area contributed by atoms with E-state index in [4.69, 9.17) is 9.47 Å². The van der Waals surface area contributed by atoms with E-state index in [-0.39, 0.29) is 13.2 Å². The molecule has 0 aromatic heterocycles. The molecule has 0 unspecified atom stereocenters. The van der Waals surface area contributed by atoms with E-state index in [1.165, 1.54) is 11.8 Å². The van der Waals surface area contributed by atoms with Crippen molar-refractivity contribution < 1.29 is 19.1 Å². The van der Waals surface area contributed by atoms with E-state index in [9.17, 15) is 14.9 Å². The maximum atomic E-state index is 13.1. The molecule has 1 N–H and O–H groups in total. The summed E-state index contributed by atoms with van der Waals surface area (Å²) in [5, 5.41) is 12.5. The Balaban J connectivity index is 1.89. The number of hydrogen-bond donors (Lipinski definition) is 3. The summed E-state index contributed by atoms with van der Waals surface area (Å²) in [5.41, 5.74) is -0.335. The van der Waals surface area contributed by atoms with Crippen molar-refractivity contribution >= 4 is 37.1 Å². The van der Waals surface area contributed by atoms with Crippen LogP contribution in [0.2, 0.25) is 0 Å². The molecule has 3 aliphatic heterocycles. The van der Waals surface area contributed by atoms with Crippen LogP contribution in [0.3, 0.4) is 0 Å². The normalized spacial score (nSPS) is 38.0. The number of amides is 2. The lowest BCUT2D eigenvalue weighted by atomic mass is 9.79. The van der Waals surface area contributed by atoms with Gasteiger partial charge in [0, 0.05) is 6.42 Å². The zero-order valence-electron chi connectivity index (χ0n) is 14.1. The van der Waals surface area contributed by atoms with Gasteiger partial charge >= 0.3 is 0 Å². The Morgan fingerprint density at radius 2 is 1.96 bits per heavy atom. The second-order valence-electron chi connectivity index (χ2n) is 7.24. The van der Waals surface area contributed by atoms with E-state index < -0.39 is 33.0 Å². The fourth-order valence-corrected chi connectivity index (χ4v) is 4.78. The summed E-state index contributed by atoms with van der Waals surface area (Å²) in [5.74, 6) is 0.297. The van der Waals surface area contributed by atoms with Gasteiger partial charge in [-0.05, 0) is 31.5 Å². The predicted octanol–water partition coefficient (Wildman–Crippen LogP) is 1.62. The summed E-state index contributed by atoms with van der Waals surface area (Å²) in [6, 6.07) is 6.88. The Morgan fingerprint density at radius 3 is 2.65 bits per heavy atom. The largest absolute Gasteiger partial charge is 0.454 e. The summed E-state index contributed by atoms with van der Waals surface area (Å²) in [4.78, 5) is 24.5. The van der Waals surface area contributed by atoms with Gasteiger partial charge in [-0.1, -0.05) is 6.07 Å². The molecule has 0 aliphatic carbocycles. The molecule has 2 fully saturated rings. The van der Waals surface area contributed by atoms with Crippen LogP contribution in [0, 0.1) is 16.7 Å². The first-order valence-electron chi connectivity index (χ1n) is 8.04. The Labute approximate surface area is 161 Å². The van der Waals surface area contributed by atoms with Gasteiger partial charge in [0.25, 0.3) is 11.8 Å². The number of hydrogen-bond acceptors (Lipinski definition) is 7. The van der Waals surface area contributed by atoms with Crippen LogP contribution >= 0.6 is 25.3 Å². The average molecular weight is 391 g/mol. The number of carbonyl (C=O) groups excluding carboxylic acids is 2. The number of ether oxygens (including phenoxy) is 2. The number of piperazine rings is 1. The molecule has 0 bridgehead atoms. The second-order valence-corrected chi connectivity index (χ2v) is 8.87. The summed E-state index contributed by atoms with van der Waals surface area (Å²) < 4.78 is 10.8. The van der Waals surface area contributed by atoms with Crippen molar-refractivity contribution in [2.24, 2.45) is 5.41 Å². The van der Waals surface area contributed by atoms with E-state index in [1.54, 1.807) is 25.1 Å². The van der Waals surface area contributed by atoms with Crippen LogP contribution in [0.4, 0.5) is 0 Å². The smallest absolute Gasteiger partial charge is 0.260 e. The Bertz CT molecular complexity index is 883. The molecule has 3 aliphatic rings. The molecule has 4 atom stereocenters. The predicted molar refractivity (Wildman–Crippen MR) is 97.7 cm³/mol. The molecule has 4 rings (SSSR count). The third-order valence-electron chi connectivity index (χ3n) is 5.20. The van der Waals surface area contributed by atoms with Crippen LogP contribution in [0.15, 0.2) is 18.2 Å². The highest BCUT2D eigenvalue weighted by Crippen LogP contribution is 2.58. The molecule has 136 valence electrons. The van der Waals surface area contributed by atoms with Crippen LogP contribution in [0.1, 0.15) is 31.9 Å². The Kier molecular flexibility index (Phi) is 3.50. The highest BCUT2D eigenvalue weighted by atomic mass is 32.1. The summed E-state index contributed by atoms with van der Waals surface area (Å²) in [6.07, 6.45) is 0.0974. The van der Waals surface area contributed by atoms with Crippen LogP contribution in [0.25, 0.3) is 0 Å². The van der Waals surface area contributed by atoms with Crippen LogP contribution in [-0.2, 0) is 9.59 Å². The van der Waals surface area contributed by atoms with Crippen molar-refractivity contribution in [1.29, 1.82) is 5.26 Å². The lowest BCUT2D eigenvalue weighted by Crippen LogP contribution is -2.69. The van der Waals surface area contributed by atoms with Crippen molar-refractivity contribution in [3.63, 3.8) is 0 Å². The topological polar surface area (TPSA) is 91.7 Å². The minimum absolute atomic E-state index is 0.0974. The van der Waals surface area contributed by atoms with Gasteiger partial charge in [-0.3, -0.25) is 9.59 Å². The number of fused-ring (bicyclic) bond motifs is 2. The highest BCUT2D eigenvalue weighted by Gasteiger charge is 2.67. The molecular weight excluding hydrogens is 374 g/mol. The number of thiol groups is 2. The molecule has 3 heterocycles. The zero-order chi connectivity index (χ0) is 18.9. The number of rotatable bonds is 1. The molecule has 2 saturated heterocycles. The fraction of sp³-hybridized carbons (Fsp3) is 0.471. The van der Waals surface area contributed by atoms with Crippen LogP contribution in [0.5, 0.6) is 11.5 Å². The molecular formula is C17H17N3O4S2. The summed E-state index contributed by atoms with van der Waals surface area (Å²) in [7, 11) is 0. The van der Waals surface area contributed by atoms with Gasteiger partial charge in [0.05, 0.1) is 17.5 Å². The lowest BCUT2D eigenvalue weighted by molar-refractivity contribution is -0.152. The number of nitrogens with one attached hydrogen (secondary N) is 1. The molecule has 9 heteroatoms. The number of nitrogens with zero attached hydrogens (tertiary/aromatic N) is 2. The lowest BCUT2D eigenvalue weighted by Gasteiger charge is -2.46. The Hall–Kier alpha value is -2.05. The fourth-order valence-electron chi connectivity index (χ4n) is 3.98. The summed E-state index contributed by atoms with van der Waals surface area (Å²) >= 11 is 8.86. The number of carbonyl (C=O) groups is 2. The third-order valence-corrected chi connectivity index (χ3v) is 6.08. The first kappa shape index (κ1) is 17.4. The zero-order valence-corrected chi connectivity index (χ0v) is 15.9. The highest BCUT2D eigenvalue weighted by molar-refractivity contribution is 7.83. The quantitative estimate of drug-likeness (QED) is 0.633. The van der Waals surface area contributed by atoms with Gasteiger partial charge in [-0.2, -0.15) is 5.26 Å². The minimum Gasteiger partial charge on any atom is -0.454 e. The average Bonchev–Trinajstić information content (AvgIpc) is 3.13. The van der Waals surface area contributed by atoms with E-state index in [0.717, 1.165) is 0 Å². The molecule has 1 aromatic rings. The minimum atomic E-state index is -1.43. The first-order valence-corrected chi connectivity index (χ1v) is 8.94. The molecule has 7 nitrogen and oxygen atoms in total. The van der Waals surface area contributed by atoms with Crippen molar-refractivity contribution in [2.75, 3.05) is 6.79 Å². The van der Waals surface area contributed by atoms with Crippen LogP contribution < -0.4 is 14.8 Å². The molecule has 1 aromatic carbocycles. The molecule has 0 spiro atoms. The van der Waals surface area contributed by atoms with Gasteiger partial charge < -0.3 is 19.7 Å². The molecule has 2 amide bonds. The van der Waals surface area contributed by atoms with Crippen molar-refractivity contribution in [2.45, 2.75) is 36.1 Å². The maximum Gasteiger partial charge on any atom is 0.260 e. The summed E-state index contributed by atoms with van der Waals surface area (Å²) in [6.45, 7) is 3.37. The van der Waals surface area contributed by atoms with Gasteiger partial charge in [0.2, 0.25) is 6.79 Å². The van der Waals surface area contributed by atoms with Crippen molar-refractivity contribution in [1.82, 2.24) is 10.2 Å². The monoisotopic (exact) mass is 391 g/mol. The number of benzene rings is 1. The van der Waals surface area contributed by atoms with Gasteiger partial charge in [-0.25, -0.2) is 0 Å². The maximum absolute atomic E-state index is 13.1. The van der Waals surface area contributed by atoms with Gasteiger partial charge in [0.15, 0.2) is 21.2 Å². The first-order chi connectivity index (χ1) is 12.1. The van der Waals surface area contributed by atoms with Gasteiger partial charge in [-0.15, -0.1) is 25.3 Å².